The summed E-state index contributed by atoms with van der Waals surface area (Å²) in [6.07, 6.45) is 3.79. The third kappa shape index (κ3) is 7.56. The lowest BCUT2D eigenvalue weighted by Crippen LogP contribution is -2.55. The van der Waals surface area contributed by atoms with Crippen molar-refractivity contribution >= 4 is 27.3 Å². The maximum atomic E-state index is 13.0. The van der Waals surface area contributed by atoms with Gasteiger partial charge in [0.1, 0.15) is 0 Å². The molecule has 34 heavy (non-hydrogen) atoms. The van der Waals surface area contributed by atoms with Crippen molar-refractivity contribution in [2.75, 3.05) is 7.11 Å². The Balaban J connectivity index is 2.19. The predicted octanol–water partition coefficient (Wildman–Crippen LogP) is 6.41. The number of nitrogens with two attached hydrogens (primary N) is 1. The van der Waals surface area contributed by atoms with Gasteiger partial charge >= 0.3 is 5.97 Å². The molecule has 0 aromatic heterocycles. The fraction of sp³-hybridized carbons (Fsp3) is 0.750. The minimum atomic E-state index is -0.875. The summed E-state index contributed by atoms with van der Waals surface area (Å²) in [6, 6.07) is 6.06. The van der Waals surface area contributed by atoms with Crippen LogP contribution in [0.1, 0.15) is 92.7 Å². The van der Waals surface area contributed by atoms with E-state index in [0.717, 1.165) is 41.8 Å². The van der Waals surface area contributed by atoms with Gasteiger partial charge in [0.05, 0.1) is 24.2 Å². The van der Waals surface area contributed by atoms with Crippen LogP contribution in [0.2, 0.25) is 10.1 Å². The molecule has 2 rings (SSSR count). The number of carbonyl (C=O) groups is 1. The Hall–Kier alpha value is -0.883. The summed E-state index contributed by atoms with van der Waals surface area (Å²) in [5.41, 5.74) is 8.11. The zero-order valence-electron chi connectivity index (χ0n) is 23.2. The van der Waals surface area contributed by atoms with E-state index < -0.39 is 21.2 Å². The van der Waals surface area contributed by atoms with E-state index in [1.165, 1.54) is 7.11 Å². The second-order valence-corrected chi connectivity index (χ2v) is 16.6. The van der Waals surface area contributed by atoms with Crippen LogP contribution >= 0.6 is 11.6 Å². The van der Waals surface area contributed by atoms with Gasteiger partial charge in [0, 0.05) is 5.02 Å². The Morgan fingerprint density at radius 1 is 1.12 bits per heavy atom. The van der Waals surface area contributed by atoms with E-state index in [2.05, 4.69) is 61.5 Å². The third-order valence-electron chi connectivity index (χ3n) is 7.43. The molecule has 0 amide bonds. The van der Waals surface area contributed by atoms with Gasteiger partial charge in [-0.15, -0.1) is 0 Å². The van der Waals surface area contributed by atoms with Gasteiger partial charge in [0.15, 0.2) is 9.76 Å². The zero-order chi connectivity index (χ0) is 26.1. The summed E-state index contributed by atoms with van der Waals surface area (Å²) in [5.74, 6) is -0.102. The first-order valence-corrected chi connectivity index (χ1v) is 14.3. The van der Waals surface area contributed by atoms with E-state index in [4.69, 9.17) is 26.5 Å². The lowest BCUT2D eigenvalue weighted by Gasteiger charge is -2.51. The summed E-state index contributed by atoms with van der Waals surface area (Å²) >= 11 is 6.68. The van der Waals surface area contributed by atoms with Crippen molar-refractivity contribution in [2.45, 2.75) is 104 Å². The molecule has 2 atom stereocenters. The second-order valence-electron chi connectivity index (χ2n) is 13.5. The van der Waals surface area contributed by atoms with Crippen LogP contribution in [-0.4, -0.2) is 28.4 Å². The van der Waals surface area contributed by atoms with Gasteiger partial charge in [-0.2, -0.15) is 0 Å². The van der Waals surface area contributed by atoms with Crippen molar-refractivity contribution in [1.82, 2.24) is 0 Å². The normalized spacial score (nSPS) is 22.4. The highest BCUT2D eigenvalue weighted by Gasteiger charge is 2.51. The Bertz CT molecular complexity index is 848. The van der Waals surface area contributed by atoms with E-state index in [-0.39, 0.29) is 27.9 Å². The monoisotopic (exact) mass is 509 g/mol. The number of methoxy groups -OCH3 is 1. The highest BCUT2D eigenvalue weighted by molar-refractivity contribution is 6.32. The average molecular weight is 510 g/mol. The fourth-order valence-corrected chi connectivity index (χ4v) is 6.17. The predicted molar refractivity (Wildman–Crippen MR) is 146 cm³/mol. The first kappa shape index (κ1) is 29.3. The molecule has 2 unspecified atom stereocenters. The first-order valence-electron chi connectivity index (χ1n) is 12.7. The number of halogens is 1. The molecular weight excluding hydrogens is 462 g/mol. The van der Waals surface area contributed by atoms with Crippen LogP contribution < -0.4 is 5.73 Å². The van der Waals surface area contributed by atoms with Crippen LogP contribution in [-0.2, 0) is 25.9 Å². The highest BCUT2D eigenvalue weighted by atomic mass is 35.5. The van der Waals surface area contributed by atoms with E-state index in [1.807, 2.05) is 19.1 Å². The highest BCUT2D eigenvalue weighted by Crippen LogP contribution is 2.50. The van der Waals surface area contributed by atoms with E-state index in [1.54, 1.807) is 0 Å². The largest absolute Gasteiger partial charge is 0.469 e. The van der Waals surface area contributed by atoms with Crippen LogP contribution in [0.5, 0.6) is 0 Å². The number of benzene rings is 1. The van der Waals surface area contributed by atoms with Crippen LogP contribution in [0.4, 0.5) is 0 Å². The SMILES string of the molecule is COC(=O)C(C1CC(C(C)(C)O[SiH2]C(C)(C)C)C1)C(C)(N)c1ccc(CCC(C)(C)C)c(Cl)c1. The summed E-state index contributed by atoms with van der Waals surface area (Å²) < 4.78 is 11.7. The van der Waals surface area contributed by atoms with Gasteiger partial charge < -0.3 is 14.9 Å². The van der Waals surface area contributed by atoms with Crippen LogP contribution in [0.3, 0.4) is 0 Å². The van der Waals surface area contributed by atoms with Gasteiger partial charge in [0.25, 0.3) is 0 Å². The van der Waals surface area contributed by atoms with Crippen molar-refractivity contribution in [3.63, 3.8) is 0 Å². The molecule has 6 heteroatoms. The van der Waals surface area contributed by atoms with Crippen LogP contribution in [0.25, 0.3) is 0 Å². The molecule has 0 spiro atoms. The van der Waals surface area contributed by atoms with Crippen molar-refractivity contribution in [2.24, 2.45) is 28.9 Å². The summed E-state index contributed by atoms with van der Waals surface area (Å²) in [4.78, 5) is 13.0. The van der Waals surface area contributed by atoms with E-state index in [0.29, 0.717) is 5.92 Å². The molecule has 0 saturated heterocycles. The maximum Gasteiger partial charge on any atom is 0.311 e. The van der Waals surface area contributed by atoms with Gasteiger partial charge in [0.2, 0.25) is 0 Å². The minimum Gasteiger partial charge on any atom is -0.469 e. The molecule has 0 heterocycles. The minimum absolute atomic E-state index is 0.158. The Kier molecular flexibility index (Phi) is 9.17. The van der Waals surface area contributed by atoms with Crippen molar-refractivity contribution < 1.29 is 14.0 Å². The summed E-state index contributed by atoms with van der Waals surface area (Å²) in [5, 5.41) is 0.971. The van der Waals surface area contributed by atoms with Gasteiger partial charge in [-0.25, -0.2) is 0 Å². The molecule has 0 bridgehead atoms. The standard InChI is InChI=1S/C28H48ClNO3Si/c1-25(2,3)14-13-18-11-12-20(17-22(18)29)28(9,30)23(24(31)32-10)19-15-21(16-19)27(7,8)33-34-26(4,5)6/h11-12,17,19,21,23H,13-16,30,34H2,1-10H3. The smallest absolute Gasteiger partial charge is 0.311 e. The van der Waals surface area contributed by atoms with Gasteiger partial charge in [-0.3, -0.25) is 4.79 Å². The number of hydrogen-bond donors (Lipinski definition) is 1. The van der Waals surface area contributed by atoms with Crippen molar-refractivity contribution in [3.8, 4) is 0 Å². The van der Waals surface area contributed by atoms with Crippen molar-refractivity contribution in [1.29, 1.82) is 0 Å². The first-order chi connectivity index (χ1) is 15.4. The molecule has 194 valence electrons. The lowest BCUT2D eigenvalue weighted by atomic mass is 9.58. The molecule has 1 aliphatic carbocycles. The Morgan fingerprint density at radius 2 is 1.71 bits per heavy atom. The topological polar surface area (TPSA) is 61.5 Å². The molecule has 0 aliphatic heterocycles. The lowest BCUT2D eigenvalue weighted by molar-refractivity contribution is -0.155. The quantitative estimate of drug-likeness (QED) is 0.309. The summed E-state index contributed by atoms with van der Waals surface area (Å²) in [6.45, 7) is 19.7. The Morgan fingerprint density at radius 3 is 2.18 bits per heavy atom. The molecule has 0 radical (unpaired) electrons. The number of rotatable bonds is 9. The number of hydrogen-bond acceptors (Lipinski definition) is 4. The maximum absolute atomic E-state index is 13.0. The van der Waals surface area contributed by atoms with E-state index >= 15 is 0 Å². The molecule has 1 aromatic rings. The number of carbonyl (C=O) groups excluding carboxylic acids is 1. The van der Waals surface area contributed by atoms with Gasteiger partial charge in [-0.05, 0) is 85.9 Å². The molecule has 1 saturated carbocycles. The number of aryl methyl sites for hydroxylation is 1. The third-order valence-corrected chi connectivity index (χ3v) is 9.53. The molecule has 1 fully saturated rings. The molecule has 1 aromatic carbocycles. The van der Waals surface area contributed by atoms with Crippen LogP contribution in [0, 0.1) is 23.2 Å². The van der Waals surface area contributed by atoms with E-state index in [9.17, 15) is 4.79 Å². The Labute approximate surface area is 215 Å². The second kappa shape index (κ2) is 10.6. The van der Waals surface area contributed by atoms with Crippen molar-refractivity contribution in [3.05, 3.63) is 34.3 Å². The molecular formula is C28H48ClNO3Si. The van der Waals surface area contributed by atoms with Gasteiger partial charge in [-0.1, -0.05) is 65.3 Å². The summed E-state index contributed by atoms with van der Waals surface area (Å²) in [7, 11) is 0.799. The molecule has 4 nitrogen and oxygen atoms in total. The number of esters is 1. The number of ether oxygens (including phenoxy) is 1. The molecule has 2 N–H and O–H groups in total. The zero-order valence-corrected chi connectivity index (χ0v) is 25.3. The fourth-order valence-electron chi connectivity index (χ4n) is 4.85. The molecule has 1 aliphatic rings. The average Bonchev–Trinajstić information content (AvgIpc) is 2.65. The van der Waals surface area contributed by atoms with Crippen LogP contribution in [0.15, 0.2) is 18.2 Å².